The van der Waals surface area contributed by atoms with Crippen molar-refractivity contribution in [2.75, 3.05) is 10.6 Å². The van der Waals surface area contributed by atoms with Crippen LogP contribution < -0.4 is 20.1 Å². The number of aromatic nitrogens is 2. The van der Waals surface area contributed by atoms with Crippen molar-refractivity contribution in [3.63, 3.8) is 0 Å². The van der Waals surface area contributed by atoms with Crippen molar-refractivity contribution >= 4 is 23.2 Å². The molecule has 0 saturated carbocycles. The molecule has 8 nitrogen and oxygen atoms in total. The third-order valence-electron chi connectivity index (χ3n) is 6.40. The van der Waals surface area contributed by atoms with E-state index in [2.05, 4.69) is 20.6 Å². The van der Waals surface area contributed by atoms with Crippen LogP contribution in [0.4, 0.5) is 11.4 Å². The van der Waals surface area contributed by atoms with Crippen molar-refractivity contribution in [1.29, 1.82) is 0 Å². The van der Waals surface area contributed by atoms with E-state index in [0.717, 1.165) is 16.7 Å². The van der Waals surface area contributed by atoms with Crippen LogP contribution in [0.5, 0.6) is 11.5 Å². The summed E-state index contributed by atoms with van der Waals surface area (Å²) in [6, 6.07) is 33.2. The molecule has 5 aromatic rings. The lowest BCUT2D eigenvalue weighted by atomic mass is 10.1. The van der Waals surface area contributed by atoms with Crippen LogP contribution in [0.2, 0.25) is 0 Å². The Labute approximate surface area is 244 Å². The summed E-state index contributed by atoms with van der Waals surface area (Å²) < 4.78 is 11.4. The van der Waals surface area contributed by atoms with E-state index < -0.39 is 12.2 Å². The number of carbonyl (C=O) groups excluding carboxylic acids is 2. The topological polar surface area (TPSA) is 102 Å². The number of anilines is 2. The SMILES string of the molecule is C[C@H](Oc1ccccc1)C(=O)Nc1ccc(-c2cnc(-c3ccc(NC(=O)[C@H](C)Oc4ccccc4)cc3)nc2)cc1. The number of hydrogen-bond acceptors (Lipinski definition) is 6. The van der Waals surface area contributed by atoms with Crippen LogP contribution in [0.3, 0.4) is 0 Å². The number of carbonyl (C=O) groups is 2. The van der Waals surface area contributed by atoms with Crippen LogP contribution in [0, 0.1) is 0 Å². The fourth-order valence-electron chi connectivity index (χ4n) is 4.08. The first-order valence-electron chi connectivity index (χ1n) is 13.5. The van der Waals surface area contributed by atoms with Gasteiger partial charge in [-0.1, -0.05) is 48.5 Å². The minimum atomic E-state index is -0.648. The predicted molar refractivity (Wildman–Crippen MR) is 163 cm³/mol. The van der Waals surface area contributed by atoms with Gasteiger partial charge in [-0.3, -0.25) is 9.59 Å². The molecule has 2 amide bonds. The van der Waals surface area contributed by atoms with Crippen molar-refractivity contribution in [3.8, 4) is 34.0 Å². The Balaban J connectivity index is 1.15. The maximum absolute atomic E-state index is 12.5. The molecule has 0 radical (unpaired) electrons. The lowest BCUT2D eigenvalue weighted by molar-refractivity contribution is -0.122. The van der Waals surface area contributed by atoms with Crippen LogP contribution in [-0.2, 0) is 9.59 Å². The third kappa shape index (κ3) is 7.37. The van der Waals surface area contributed by atoms with Crippen molar-refractivity contribution < 1.29 is 19.1 Å². The minimum Gasteiger partial charge on any atom is -0.481 e. The maximum Gasteiger partial charge on any atom is 0.265 e. The van der Waals surface area contributed by atoms with Crippen molar-refractivity contribution in [2.45, 2.75) is 26.1 Å². The van der Waals surface area contributed by atoms with Gasteiger partial charge >= 0.3 is 0 Å². The zero-order chi connectivity index (χ0) is 29.3. The number of benzene rings is 4. The molecular weight excluding hydrogens is 528 g/mol. The molecule has 0 fully saturated rings. The molecule has 5 rings (SSSR count). The summed E-state index contributed by atoms with van der Waals surface area (Å²) >= 11 is 0. The van der Waals surface area contributed by atoms with Gasteiger partial charge < -0.3 is 20.1 Å². The first-order chi connectivity index (χ1) is 20.4. The number of amides is 2. The Morgan fingerprint density at radius 1 is 0.548 bits per heavy atom. The third-order valence-corrected chi connectivity index (χ3v) is 6.40. The first kappa shape index (κ1) is 28.0. The molecule has 0 bridgehead atoms. The fourth-order valence-corrected chi connectivity index (χ4v) is 4.08. The van der Waals surface area contributed by atoms with Gasteiger partial charge in [0.1, 0.15) is 11.5 Å². The van der Waals surface area contributed by atoms with Gasteiger partial charge in [0.05, 0.1) is 0 Å². The van der Waals surface area contributed by atoms with Gasteiger partial charge in [0.25, 0.3) is 11.8 Å². The van der Waals surface area contributed by atoms with Crippen molar-refractivity contribution in [1.82, 2.24) is 9.97 Å². The number of nitrogens with zero attached hydrogens (tertiary/aromatic N) is 2. The van der Waals surface area contributed by atoms with Gasteiger partial charge in [-0.05, 0) is 80.1 Å². The molecule has 4 aromatic carbocycles. The summed E-state index contributed by atoms with van der Waals surface area (Å²) in [5.74, 6) is 1.36. The summed E-state index contributed by atoms with van der Waals surface area (Å²) in [5, 5.41) is 5.74. The number of rotatable bonds is 10. The van der Waals surface area contributed by atoms with Gasteiger partial charge in [0.2, 0.25) is 0 Å². The molecule has 2 N–H and O–H groups in total. The van der Waals surface area contributed by atoms with E-state index in [1.54, 1.807) is 38.4 Å². The molecule has 0 aliphatic carbocycles. The largest absolute Gasteiger partial charge is 0.481 e. The van der Waals surface area contributed by atoms with Crippen LogP contribution >= 0.6 is 0 Å². The molecular formula is C34H30N4O4. The molecule has 0 spiro atoms. The highest BCUT2D eigenvalue weighted by molar-refractivity contribution is 5.95. The van der Waals surface area contributed by atoms with Crippen molar-refractivity contribution in [3.05, 3.63) is 122 Å². The minimum absolute atomic E-state index is 0.236. The molecule has 0 aliphatic rings. The van der Waals surface area contributed by atoms with E-state index in [1.807, 2.05) is 97.1 Å². The van der Waals surface area contributed by atoms with E-state index >= 15 is 0 Å². The van der Waals surface area contributed by atoms with E-state index in [4.69, 9.17) is 9.47 Å². The average Bonchev–Trinajstić information content (AvgIpc) is 3.03. The fraction of sp³-hybridized carbons (Fsp3) is 0.118. The maximum atomic E-state index is 12.5. The normalized spacial score (nSPS) is 12.0. The smallest absolute Gasteiger partial charge is 0.265 e. The average molecular weight is 559 g/mol. The zero-order valence-corrected chi connectivity index (χ0v) is 23.2. The summed E-state index contributed by atoms with van der Waals surface area (Å²) in [6.45, 7) is 3.42. The second-order valence-electron chi connectivity index (χ2n) is 9.57. The standard InChI is InChI=1S/C34H30N4O4/c1-23(41-30-9-5-3-6-10-30)33(39)37-28-17-13-25(14-18-28)27-21-35-32(36-22-27)26-15-19-29(20-16-26)38-34(40)24(2)42-31-11-7-4-8-12-31/h3-24H,1-2H3,(H,37,39)(H,38,40)/t23-,24-/m0/s1. The van der Waals surface area contributed by atoms with Gasteiger partial charge in [0.15, 0.2) is 18.0 Å². The lowest BCUT2D eigenvalue weighted by Crippen LogP contribution is -2.30. The van der Waals surface area contributed by atoms with Crippen LogP contribution in [-0.4, -0.2) is 34.0 Å². The zero-order valence-electron chi connectivity index (χ0n) is 23.2. The lowest BCUT2D eigenvalue weighted by Gasteiger charge is -2.15. The summed E-state index contributed by atoms with van der Waals surface area (Å²) in [5.41, 5.74) is 3.89. The molecule has 42 heavy (non-hydrogen) atoms. The number of hydrogen-bond donors (Lipinski definition) is 2. The van der Waals surface area contributed by atoms with Crippen LogP contribution in [0.1, 0.15) is 13.8 Å². The highest BCUT2D eigenvalue weighted by Crippen LogP contribution is 2.24. The Kier molecular flexibility index (Phi) is 8.84. The van der Waals surface area contributed by atoms with E-state index in [1.165, 1.54) is 0 Å². The molecule has 2 atom stereocenters. The Hall–Kier alpha value is -5.50. The second-order valence-corrected chi connectivity index (χ2v) is 9.57. The highest BCUT2D eigenvalue weighted by Gasteiger charge is 2.16. The summed E-state index contributed by atoms with van der Waals surface area (Å²) in [4.78, 5) is 34.1. The number of para-hydroxylation sites is 2. The quantitative estimate of drug-likeness (QED) is 0.200. The van der Waals surface area contributed by atoms with Crippen LogP contribution in [0.25, 0.3) is 22.5 Å². The summed E-state index contributed by atoms with van der Waals surface area (Å²) in [7, 11) is 0. The Morgan fingerprint density at radius 2 is 0.952 bits per heavy atom. The van der Waals surface area contributed by atoms with Gasteiger partial charge in [0, 0.05) is 34.9 Å². The van der Waals surface area contributed by atoms with E-state index in [9.17, 15) is 9.59 Å². The van der Waals surface area contributed by atoms with Gasteiger partial charge in [-0.25, -0.2) is 9.97 Å². The molecule has 8 heteroatoms. The number of ether oxygens (including phenoxy) is 2. The Morgan fingerprint density at radius 3 is 1.38 bits per heavy atom. The molecule has 0 unspecified atom stereocenters. The van der Waals surface area contributed by atoms with Crippen molar-refractivity contribution in [2.24, 2.45) is 0 Å². The number of nitrogens with one attached hydrogen (secondary N) is 2. The first-order valence-corrected chi connectivity index (χ1v) is 13.5. The molecule has 1 aromatic heterocycles. The second kappa shape index (κ2) is 13.2. The summed E-state index contributed by atoms with van der Waals surface area (Å²) in [6.07, 6.45) is 2.22. The Bertz CT molecular complexity index is 1490. The van der Waals surface area contributed by atoms with Gasteiger partial charge in [-0.15, -0.1) is 0 Å². The van der Waals surface area contributed by atoms with E-state index in [-0.39, 0.29) is 11.8 Å². The predicted octanol–water partition coefficient (Wildman–Crippen LogP) is 6.62. The van der Waals surface area contributed by atoms with Gasteiger partial charge in [-0.2, -0.15) is 0 Å². The molecule has 0 saturated heterocycles. The molecule has 210 valence electrons. The molecule has 1 heterocycles. The highest BCUT2D eigenvalue weighted by atomic mass is 16.5. The monoisotopic (exact) mass is 558 g/mol. The van der Waals surface area contributed by atoms with E-state index in [0.29, 0.717) is 28.7 Å². The molecule has 0 aliphatic heterocycles. The van der Waals surface area contributed by atoms with Crippen LogP contribution in [0.15, 0.2) is 122 Å².